The van der Waals surface area contributed by atoms with Gasteiger partial charge < -0.3 is 19.4 Å². The molecule has 4 rings (SSSR count). The van der Waals surface area contributed by atoms with Gasteiger partial charge in [0.25, 0.3) is 0 Å². The zero-order chi connectivity index (χ0) is 23.5. The smallest absolute Gasteiger partial charge is 0.339 e. The molecular formula is C25H21ClN2O5. The number of hydrogen-bond acceptors (Lipinski definition) is 5. The highest BCUT2D eigenvalue weighted by Gasteiger charge is 2.43. The van der Waals surface area contributed by atoms with Crippen molar-refractivity contribution in [3.05, 3.63) is 70.9 Å². The monoisotopic (exact) mass is 464 g/mol. The quantitative estimate of drug-likeness (QED) is 0.356. The Labute approximate surface area is 195 Å². The van der Waals surface area contributed by atoms with Gasteiger partial charge in [0.05, 0.1) is 18.7 Å². The van der Waals surface area contributed by atoms with E-state index in [9.17, 15) is 14.4 Å². The summed E-state index contributed by atoms with van der Waals surface area (Å²) >= 11 is 5.94. The zero-order valence-corrected chi connectivity index (χ0v) is 18.6. The molecule has 1 N–H and O–H groups in total. The normalized spacial score (nSPS) is 17.2. The third-order valence-corrected chi connectivity index (χ3v) is 5.98. The fraction of sp³-hybridized carbons (Fsp3) is 0.240. The molecule has 0 aliphatic carbocycles. The van der Waals surface area contributed by atoms with Crippen LogP contribution in [-0.2, 0) is 25.5 Å². The van der Waals surface area contributed by atoms with Gasteiger partial charge >= 0.3 is 11.9 Å². The number of para-hydroxylation sites is 1. The van der Waals surface area contributed by atoms with Crippen LogP contribution in [0.3, 0.4) is 0 Å². The van der Waals surface area contributed by atoms with Crippen LogP contribution in [0.4, 0.5) is 0 Å². The predicted octanol–water partition coefficient (Wildman–Crippen LogP) is 3.21. The van der Waals surface area contributed by atoms with Crippen molar-refractivity contribution < 1.29 is 23.9 Å². The summed E-state index contributed by atoms with van der Waals surface area (Å²) in [5, 5.41) is 0.971. The number of esters is 2. The number of fused-ring (bicyclic) bond motifs is 3. The summed E-state index contributed by atoms with van der Waals surface area (Å²) in [6, 6.07) is 12.9. The van der Waals surface area contributed by atoms with Gasteiger partial charge in [0.2, 0.25) is 5.91 Å². The third kappa shape index (κ3) is 4.06. The standard InChI is InChI=1S/C25H21ClN2O5/c1-3-12-33-24(30)16-10-8-15(9-11-16)23-22-18(17-6-4-5-7-19(17)27-22)13-20(25(31)32-2)28(23)21(29)14-26/h1,4-11,20,23,27H,12-14H2,2H3/t20-,23?/m0/s1. The van der Waals surface area contributed by atoms with Gasteiger partial charge in [0, 0.05) is 23.0 Å². The van der Waals surface area contributed by atoms with Crippen molar-refractivity contribution in [1.82, 2.24) is 9.88 Å². The first-order chi connectivity index (χ1) is 16.0. The van der Waals surface area contributed by atoms with E-state index in [4.69, 9.17) is 27.5 Å². The number of amides is 1. The molecule has 0 bridgehead atoms. The van der Waals surface area contributed by atoms with E-state index in [0.29, 0.717) is 17.5 Å². The van der Waals surface area contributed by atoms with E-state index in [2.05, 4.69) is 10.9 Å². The van der Waals surface area contributed by atoms with E-state index >= 15 is 0 Å². The van der Waals surface area contributed by atoms with Crippen molar-refractivity contribution in [2.24, 2.45) is 0 Å². The van der Waals surface area contributed by atoms with E-state index in [1.807, 2.05) is 24.3 Å². The maximum absolute atomic E-state index is 13.0. The summed E-state index contributed by atoms with van der Waals surface area (Å²) in [6.45, 7) is -0.125. The van der Waals surface area contributed by atoms with E-state index in [1.54, 1.807) is 24.3 Å². The molecule has 33 heavy (non-hydrogen) atoms. The van der Waals surface area contributed by atoms with E-state index < -0.39 is 29.9 Å². The van der Waals surface area contributed by atoms with Crippen molar-refractivity contribution in [3.63, 3.8) is 0 Å². The molecular weight excluding hydrogens is 444 g/mol. The number of rotatable bonds is 5. The Kier molecular flexibility index (Phi) is 6.38. The van der Waals surface area contributed by atoms with Crippen LogP contribution < -0.4 is 0 Å². The number of methoxy groups -OCH3 is 1. The van der Waals surface area contributed by atoms with E-state index in [-0.39, 0.29) is 12.5 Å². The van der Waals surface area contributed by atoms with Gasteiger partial charge in [0.15, 0.2) is 6.61 Å². The lowest BCUT2D eigenvalue weighted by Gasteiger charge is -2.40. The number of carbonyl (C=O) groups excluding carboxylic acids is 3. The summed E-state index contributed by atoms with van der Waals surface area (Å²) in [5.74, 6) is 0.484. The molecule has 8 heteroatoms. The fourth-order valence-electron chi connectivity index (χ4n) is 4.32. The van der Waals surface area contributed by atoms with Crippen molar-refractivity contribution in [3.8, 4) is 12.3 Å². The molecule has 2 atom stereocenters. The molecule has 168 valence electrons. The number of nitrogens with one attached hydrogen (secondary N) is 1. The minimum atomic E-state index is -0.849. The lowest BCUT2D eigenvalue weighted by atomic mass is 9.87. The van der Waals surface area contributed by atoms with Crippen molar-refractivity contribution in [2.45, 2.75) is 18.5 Å². The minimum absolute atomic E-state index is 0.125. The number of alkyl halides is 1. The lowest BCUT2D eigenvalue weighted by Crippen LogP contribution is -2.52. The van der Waals surface area contributed by atoms with Crippen molar-refractivity contribution in [1.29, 1.82) is 0 Å². The molecule has 0 spiro atoms. The number of ether oxygens (including phenoxy) is 2. The number of carbonyl (C=O) groups is 3. The molecule has 0 radical (unpaired) electrons. The number of benzene rings is 2. The van der Waals surface area contributed by atoms with Crippen LogP contribution in [0.1, 0.15) is 33.2 Å². The van der Waals surface area contributed by atoms with Crippen molar-refractivity contribution >= 4 is 40.3 Å². The summed E-state index contributed by atoms with van der Waals surface area (Å²) in [6.07, 6.45) is 5.44. The first-order valence-corrected chi connectivity index (χ1v) is 10.8. The van der Waals surface area contributed by atoms with Gasteiger partial charge in [-0.15, -0.1) is 18.0 Å². The molecule has 7 nitrogen and oxygen atoms in total. The van der Waals surface area contributed by atoms with E-state index in [1.165, 1.54) is 12.0 Å². The molecule has 2 heterocycles. The van der Waals surface area contributed by atoms with Gasteiger partial charge in [-0.25, -0.2) is 9.59 Å². The summed E-state index contributed by atoms with van der Waals surface area (Å²) in [4.78, 5) is 42.7. The molecule has 2 aromatic carbocycles. The average molecular weight is 465 g/mol. The maximum Gasteiger partial charge on any atom is 0.339 e. The maximum atomic E-state index is 13.0. The van der Waals surface area contributed by atoms with Crippen LogP contribution in [-0.4, -0.2) is 53.4 Å². The van der Waals surface area contributed by atoms with Crippen LogP contribution in [0.5, 0.6) is 0 Å². The minimum Gasteiger partial charge on any atom is -0.467 e. The number of H-pyrrole nitrogens is 1. The highest BCUT2D eigenvalue weighted by atomic mass is 35.5. The molecule has 0 saturated carbocycles. The number of hydrogen-bond donors (Lipinski definition) is 1. The molecule has 1 aliphatic rings. The summed E-state index contributed by atoms with van der Waals surface area (Å²) in [7, 11) is 1.29. The summed E-state index contributed by atoms with van der Waals surface area (Å²) < 4.78 is 10.0. The molecule has 1 aliphatic heterocycles. The van der Waals surface area contributed by atoms with Gasteiger partial charge in [-0.1, -0.05) is 36.3 Å². The Balaban J connectivity index is 1.86. The molecule has 1 unspecified atom stereocenters. The van der Waals surface area contributed by atoms with Crippen LogP contribution in [0, 0.1) is 12.3 Å². The van der Waals surface area contributed by atoms with Gasteiger partial charge in [-0.05, 0) is 29.3 Å². The largest absolute Gasteiger partial charge is 0.467 e. The number of nitrogens with zero attached hydrogens (tertiary/aromatic N) is 1. The Hall–Kier alpha value is -3.76. The molecule has 3 aromatic rings. The molecule has 0 fully saturated rings. The lowest BCUT2D eigenvalue weighted by molar-refractivity contribution is -0.154. The second kappa shape index (κ2) is 9.39. The second-order valence-corrected chi connectivity index (χ2v) is 7.81. The SMILES string of the molecule is C#CCOC(=O)c1ccc(C2c3[nH]c4ccccc4c3C[C@@H](C(=O)OC)N2C(=O)CCl)cc1. The first kappa shape index (κ1) is 22.4. The number of terminal acetylenes is 1. The van der Waals surface area contributed by atoms with Gasteiger partial charge in [0.1, 0.15) is 11.9 Å². The highest BCUT2D eigenvalue weighted by Crippen LogP contribution is 2.41. The summed E-state index contributed by atoms with van der Waals surface area (Å²) in [5.41, 5.74) is 3.63. The number of aromatic nitrogens is 1. The topological polar surface area (TPSA) is 88.7 Å². The zero-order valence-electron chi connectivity index (χ0n) is 17.8. The Bertz CT molecular complexity index is 1260. The number of aromatic amines is 1. The average Bonchev–Trinajstić information content (AvgIpc) is 3.23. The fourth-order valence-corrected chi connectivity index (χ4v) is 4.46. The van der Waals surface area contributed by atoms with Crippen LogP contribution in [0.25, 0.3) is 10.9 Å². The van der Waals surface area contributed by atoms with Gasteiger partial charge in [-0.3, -0.25) is 4.79 Å². The van der Waals surface area contributed by atoms with Crippen LogP contribution in [0.15, 0.2) is 48.5 Å². The van der Waals surface area contributed by atoms with E-state index in [0.717, 1.165) is 22.2 Å². The Morgan fingerprint density at radius 1 is 1.18 bits per heavy atom. The molecule has 1 aromatic heterocycles. The van der Waals surface area contributed by atoms with Crippen LogP contribution >= 0.6 is 11.6 Å². The molecule has 0 saturated heterocycles. The Morgan fingerprint density at radius 2 is 1.91 bits per heavy atom. The third-order valence-electron chi connectivity index (χ3n) is 5.76. The van der Waals surface area contributed by atoms with Gasteiger partial charge in [-0.2, -0.15) is 0 Å². The number of halogens is 1. The first-order valence-electron chi connectivity index (χ1n) is 10.2. The van der Waals surface area contributed by atoms with Crippen LogP contribution in [0.2, 0.25) is 0 Å². The highest BCUT2D eigenvalue weighted by molar-refractivity contribution is 6.27. The molecule has 1 amide bonds. The predicted molar refractivity (Wildman–Crippen MR) is 123 cm³/mol. The second-order valence-electron chi connectivity index (χ2n) is 7.55. The Morgan fingerprint density at radius 3 is 2.58 bits per heavy atom. The van der Waals surface area contributed by atoms with Crippen molar-refractivity contribution in [2.75, 3.05) is 19.6 Å².